The summed E-state index contributed by atoms with van der Waals surface area (Å²) in [5, 5.41) is 82.4. The first-order valence-electron chi connectivity index (χ1n) is 29.7. The molecule has 0 aliphatic carbocycles. The highest BCUT2D eigenvalue weighted by Crippen LogP contribution is 2.15. The van der Waals surface area contributed by atoms with Crippen LogP contribution in [0.1, 0.15) is 156 Å². The highest BCUT2D eigenvalue weighted by molar-refractivity contribution is 6.18. The van der Waals surface area contributed by atoms with Crippen molar-refractivity contribution in [1.29, 1.82) is 0 Å². The maximum atomic E-state index is 14.2. The number of alkyl halides is 1. The van der Waals surface area contributed by atoms with Gasteiger partial charge in [0.1, 0.15) is 54.6 Å². The molecule has 1 aliphatic heterocycles. The number of aliphatic hydroxyl groups excluding tert-OH is 4. The predicted molar refractivity (Wildman–Crippen MR) is 314 cm³/mol. The van der Waals surface area contributed by atoms with Crippen molar-refractivity contribution >= 4 is 82.7 Å². The van der Waals surface area contributed by atoms with Crippen molar-refractivity contribution in [1.82, 2.24) is 47.9 Å². The van der Waals surface area contributed by atoms with Gasteiger partial charge in [-0.25, -0.2) is 9.59 Å². The number of unbranched alkanes of at least 4 members (excludes halogenated alkanes) is 13. The van der Waals surface area contributed by atoms with Crippen LogP contribution in [0.4, 0.5) is 0 Å². The third-order valence-corrected chi connectivity index (χ3v) is 14.3. The molecule has 0 aromatic carbocycles. The zero-order chi connectivity index (χ0) is 65.6. The Morgan fingerprint density at radius 2 is 1.08 bits per heavy atom. The van der Waals surface area contributed by atoms with E-state index in [-0.39, 0.29) is 45.3 Å². The molecule has 0 unspecified atom stereocenters. The smallest absolute Gasteiger partial charge is 0.335 e. The van der Waals surface area contributed by atoms with Gasteiger partial charge in [0, 0.05) is 0 Å². The number of carbonyl (C=O) groups excluding carboxylic acids is 10. The number of halogens is 1. The van der Waals surface area contributed by atoms with Gasteiger partial charge in [0.05, 0.1) is 37.0 Å². The Bertz CT molecular complexity index is 2270. The van der Waals surface area contributed by atoms with Crippen LogP contribution < -0.4 is 65.1 Å². The molecule has 0 bridgehead atoms. The summed E-state index contributed by atoms with van der Waals surface area (Å²) in [6.45, 7) is 2.68. The summed E-state index contributed by atoms with van der Waals surface area (Å²) in [5.74, 6) is -17.8. The summed E-state index contributed by atoms with van der Waals surface area (Å²) in [6, 6.07) is -15.8. The SMILES string of the molecule is C/C=C1\NC(=O)[C@H]([C@H](C)O)NC(=O)[C@H](CCN)NC(=O)[C@H](CCCCN)NC(=O)[C@H](CC(=O)O)NC(=O)[C@@H](CCN)NC(=O)[C@@H](NC(=O)C[C@@H](O)CCCCCCCCCCCCCCC)COC(=O)[C@H]([C@H](O)CCl)NC(=O)[C@H]([C@H](O)C(=O)O)NC1=O. The maximum absolute atomic E-state index is 14.2. The number of allylic oxidation sites excluding steroid dienone is 1. The minimum absolute atomic E-state index is 0.123. The van der Waals surface area contributed by atoms with Gasteiger partial charge in [-0.3, -0.25) is 47.9 Å². The molecule has 0 radical (unpaired) electrons. The zero-order valence-electron chi connectivity index (χ0n) is 50.0. The van der Waals surface area contributed by atoms with E-state index < -0.39 is 181 Å². The third kappa shape index (κ3) is 30.7. The van der Waals surface area contributed by atoms with Crippen molar-refractivity contribution in [2.24, 2.45) is 17.2 Å². The van der Waals surface area contributed by atoms with Crippen LogP contribution in [0.15, 0.2) is 11.8 Å². The molecule has 21 N–H and O–H groups in total. The Hall–Kier alpha value is -6.61. The fourth-order valence-corrected chi connectivity index (χ4v) is 9.11. The van der Waals surface area contributed by atoms with Crippen LogP contribution >= 0.6 is 11.6 Å². The van der Waals surface area contributed by atoms with Crippen LogP contribution in [0.25, 0.3) is 0 Å². The minimum Gasteiger partial charge on any atom is -0.481 e. The van der Waals surface area contributed by atoms with Gasteiger partial charge in [-0.1, -0.05) is 96.5 Å². The summed E-state index contributed by atoms with van der Waals surface area (Å²) in [7, 11) is 0. The Labute approximate surface area is 511 Å². The number of aliphatic carboxylic acids is 2. The molecule has 87 heavy (non-hydrogen) atoms. The summed E-state index contributed by atoms with van der Waals surface area (Å²) in [6.07, 6.45) is 4.80. The van der Waals surface area contributed by atoms with Gasteiger partial charge in [-0.15, -0.1) is 11.6 Å². The number of aliphatic hydroxyl groups is 4. The number of hydrogen-bond acceptors (Lipinski definition) is 20. The van der Waals surface area contributed by atoms with Crippen LogP contribution in [0.2, 0.25) is 0 Å². The molecule has 0 saturated carbocycles. The molecule has 496 valence electrons. The normalized spacial score (nSPS) is 23.9. The number of rotatable bonds is 32. The van der Waals surface area contributed by atoms with Crippen molar-refractivity contribution in [3.05, 3.63) is 11.8 Å². The molecule has 31 nitrogen and oxygen atoms in total. The maximum Gasteiger partial charge on any atom is 0.335 e. The van der Waals surface area contributed by atoms with Crippen LogP contribution in [0.3, 0.4) is 0 Å². The molecule has 0 spiro atoms. The van der Waals surface area contributed by atoms with E-state index in [0.717, 1.165) is 51.5 Å². The number of hydrogen-bond donors (Lipinski definition) is 18. The topological polar surface area (TPSA) is 522 Å². The number of carbonyl (C=O) groups is 12. The molecule has 1 saturated heterocycles. The number of esters is 1. The van der Waals surface area contributed by atoms with E-state index in [0.29, 0.717) is 12.8 Å². The average Bonchev–Trinajstić information content (AvgIpc) is 3.53. The molecule has 0 aromatic rings. The van der Waals surface area contributed by atoms with Crippen LogP contribution in [0, 0.1) is 0 Å². The van der Waals surface area contributed by atoms with Crippen molar-refractivity contribution in [3.63, 3.8) is 0 Å². The standard InChI is InChI=1S/C55H95ClN12O19/c1-4-6-7-8-9-10-11-12-13-14-15-16-17-20-32(70)27-40(72)60-38-30-87-55(86)43(39(71)29-56)67-53(83)44(45(75)54(84)85)68-46(76)33(5-2)61-52(82)42(31(3)69)66-49(79)36(23-26-59)63-47(77)34(21-18-19-24-57)62-50(80)37(28-41(73)74)65-48(78)35(22-25-58)64-51(38)81/h5,31-32,34-39,42-45,69-71,75H,4,6-30,57-59H2,1-3H3,(H,60,72)(H,61,82)(H,62,80)(H,63,77)(H,64,81)(H,65,78)(H,66,79)(H,67,83)(H,68,76)(H,73,74)(H,84,85)/b33-5-/t31-,32-,34-,35+,36-,37-,38-,39+,42-,43-,44-,45-/m0/s1. The first kappa shape index (κ1) is 78.4. The molecular weight excluding hydrogens is 1170 g/mol. The molecule has 1 heterocycles. The third-order valence-electron chi connectivity index (χ3n) is 14.0. The van der Waals surface area contributed by atoms with Gasteiger partial charge in [0.25, 0.3) is 5.91 Å². The van der Waals surface area contributed by atoms with Crippen LogP contribution in [-0.2, 0) is 62.3 Å². The van der Waals surface area contributed by atoms with E-state index in [1.54, 1.807) is 0 Å². The lowest BCUT2D eigenvalue weighted by molar-refractivity contribution is -0.155. The second-order valence-electron chi connectivity index (χ2n) is 21.3. The Balaban J connectivity index is 3.88. The fourth-order valence-electron chi connectivity index (χ4n) is 8.93. The van der Waals surface area contributed by atoms with Gasteiger partial charge in [-0.05, 0) is 72.0 Å². The quantitative estimate of drug-likeness (QED) is 0.0134. The van der Waals surface area contributed by atoms with E-state index >= 15 is 0 Å². The molecule has 12 atom stereocenters. The molecule has 9 amide bonds. The Morgan fingerprint density at radius 3 is 1.56 bits per heavy atom. The second kappa shape index (κ2) is 43.9. The van der Waals surface area contributed by atoms with Crippen molar-refractivity contribution in [2.45, 2.75) is 228 Å². The van der Waals surface area contributed by atoms with Gasteiger partial charge >= 0.3 is 17.9 Å². The van der Waals surface area contributed by atoms with E-state index in [2.05, 4.69) is 44.1 Å². The fraction of sp³-hybridized carbons (Fsp3) is 0.745. The highest BCUT2D eigenvalue weighted by Gasteiger charge is 2.41. The summed E-state index contributed by atoms with van der Waals surface area (Å²) in [5.41, 5.74) is 16.5. The first-order chi connectivity index (χ1) is 41.3. The van der Waals surface area contributed by atoms with E-state index in [1.807, 2.05) is 10.6 Å². The van der Waals surface area contributed by atoms with Gasteiger partial charge in [0.15, 0.2) is 12.1 Å². The number of nitrogens with two attached hydrogens (primary N) is 3. The first-order valence-corrected chi connectivity index (χ1v) is 30.2. The van der Waals surface area contributed by atoms with Gasteiger partial charge in [-0.2, -0.15) is 0 Å². The van der Waals surface area contributed by atoms with Gasteiger partial charge < -0.3 is 100 Å². The lowest BCUT2D eigenvalue weighted by Crippen LogP contribution is -2.62. The van der Waals surface area contributed by atoms with Gasteiger partial charge in [0.2, 0.25) is 47.3 Å². The number of cyclic esters (lactones) is 1. The molecule has 1 fully saturated rings. The molecule has 0 aromatic heterocycles. The Kier molecular flexibility index (Phi) is 39.6. The number of carboxylic acid groups (broad SMARTS) is 2. The number of ether oxygens (including phenoxy) is 1. The number of amides is 9. The minimum atomic E-state index is -2.83. The summed E-state index contributed by atoms with van der Waals surface area (Å²) < 4.78 is 5.29. The lowest BCUT2D eigenvalue weighted by Gasteiger charge is -2.28. The van der Waals surface area contributed by atoms with Crippen LogP contribution in [-0.4, -0.2) is 207 Å². The monoisotopic (exact) mass is 1260 g/mol. The second-order valence-corrected chi connectivity index (χ2v) is 21.6. The summed E-state index contributed by atoms with van der Waals surface area (Å²) in [4.78, 5) is 163. The van der Waals surface area contributed by atoms with E-state index in [9.17, 15) is 88.2 Å². The van der Waals surface area contributed by atoms with E-state index in [4.69, 9.17) is 33.5 Å². The molecule has 32 heteroatoms. The zero-order valence-corrected chi connectivity index (χ0v) is 50.7. The molecule has 1 aliphatic rings. The largest absolute Gasteiger partial charge is 0.481 e. The lowest BCUT2D eigenvalue weighted by atomic mass is 10.0. The summed E-state index contributed by atoms with van der Waals surface area (Å²) >= 11 is 5.87. The molecule has 1 rings (SSSR count). The molecular formula is C55H95ClN12O19. The van der Waals surface area contributed by atoms with Crippen molar-refractivity contribution in [2.75, 3.05) is 32.1 Å². The van der Waals surface area contributed by atoms with E-state index in [1.165, 1.54) is 45.4 Å². The van der Waals surface area contributed by atoms with Crippen molar-refractivity contribution < 1.29 is 92.9 Å². The average molecular weight is 1260 g/mol. The van der Waals surface area contributed by atoms with Crippen molar-refractivity contribution in [3.8, 4) is 0 Å². The number of carboxylic acids is 2. The Morgan fingerprint density at radius 1 is 0.598 bits per heavy atom. The van der Waals surface area contributed by atoms with Crippen LogP contribution in [0.5, 0.6) is 0 Å². The predicted octanol–water partition coefficient (Wildman–Crippen LogP) is -3.60. The number of nitrogens with one attached hydrogen (secondary N) is 9. The highest BCUT2D eigenvalue weighted by atomic mass is 35.5.